The largest absolute Gasteiger partial charge is 0.388 e. The molecule has 0 aromatic carbocycles. The molecular weight excluding hydrogens is 282 g/mol. The number of nitro groups is 1. The molecule has 1 fully saturated rings. The first-order valence-electron chi connectivity index (χ1n) is 6.60. The second-order valence-electron chi connectivity index (χ2n) is 5.27. The van der Waals surface area contributed by atoms with E-state index in [-0.39, 0.29) is 10.6 Å². The Bertz CT molecular complexity index is 459. The number of thioether (sulfide) groups is 1. The molecule has 2 rings (SSSR count). The minimum Gasteiger partial charge on any atom is -0.388 e. The number of aliphatic hydroxyl groups is 1. The minimum absolute atomic E-state index is 0.157. The van der Waals surface area contributed by atoms with Gasteiger partial charge in [0, 0.05) is 16.2 Å². The monoisotopic (exact) mass is 301 g/mol. The molecule has 1 aromatic rings. The molecule has 0 aliphatic heterocycles. The molecule has 6 heteroatoms. The Morgan fingerprint density at radius 1 is 1.58 bits per heavy atom. The quantitative estimate of drug-likeness (QED) is 0.662. The van der Waals surface area contributed by atoms with Crippen molar-refractivity contribution in [1.29, 1.82) is 0 Å². The molecule has 3 atom stereocenters. The summed E-state index contributed by atoms with van der Waals surface area (Å²) in [7, 11) is 0. The van der Waals surface area contributed by atoms with Gasteiger partial charge in [0.2, 0.25) is 0 Å². The zero-order valence-corrected chi connectivity index (χ0v) is 12.8. The van der Waals surface area contributed by atoms with Gasteiger partial charge in [-0.15, -0.1) is 23.1 Å². The third kappa shape index (κ3) is 3.70. The highest BCUT2D eigenvalue weighted by molar-refractivity contribution is 8.01. The average Bonchev–Trinajstić information content (AvgIpc) is 2.73. The normalized spacial score (nSPS) is 25.2. The van der Waals surface area contributed by atoms with Crippen LogP contribution in [0.2, 0.25) is 0 Å². The maximum Gasteiger partial charge on any atom is 0.294 e. The van der Waals surface area contributed by atoms with Crippen LogP contribution in [-0.2, 0) is 0 Å². The van der Waals surface area contributed by atoms with E-state index in [0.29, 0.717) is 16.0 Å². The van der Waals surface area contributed by atoms with Gasteiger partial charge in [-0.05, 0) is 25.7 Å². The molecule has 0 saturated heterocycles. The number of hydrogen-bond donors (Lipinski definition) is 1. The van der Waals surface area contributed by atoms with E-state index in [1.54, 1.807) is 18.7 Å². The Kier molecular flexibility index (Phi) is 4.86. The molecule has 4 nitrogen and oxygen atoms in total. The fourth-order valence-electron chi connectivity index (χ4n) is 2.44. The average molecular weight is 301 g/mol. The number of rotatable bonds is 4. The molecular formula is C13H19NO3S2. The Morgan fingerprint density at radius 3 is 2.89 bits per heavy atom. The zero-order valence-electron chi connectivity index (χ0n) is 11.2. The molecule has 0 bridgehead atoms. The summed E-state index contributed by atoms with van der Waals surface area (Å²) in [6.45, 7) is 3.89. The number of nitrogens with zero attached hydrogens (tertiary/aromatic N) is 1. The highest BCUT2D eigenvalue weighted by Crippen LogP contribution is 2.45. The Hall–Kier alpha value is -0.590. The summed E-state index contributed by atoms with van der Waals surface area (Å²) in [6.07, 6.45) is 4.10. The Morgan fingerprint density at radius 2 is 2.32 bits per heavy atom. The van der Waals surface area contributed by atoms with Crippen molar-refractivity contribution in [1.82, 2.24) is 0 Å². The number of thiophene rings is 1. The molecule has 106 valence electrons. The molecule has 0 spiro atoms. The zero-order chi connectivity index (χ0) is 14.0. The Labute approximate surface area is 121 Å². The molecule has 0 radical (unpaired) electrons. The van der Waals surface area contributed by atoms with E-state index in [1.807, 2.05) is 0 Å². The molecule has 1 aliphatic rings. The van der Waals surface area contributed by atoms with Crippen LogP contribution >= 0.6 is 23.1 Å². The predicted molar refractivity (Wildman–Crippen MR) is 78.9 cm³/mol. The van der Waals surface area contributed by atoms with Gasteiger partial charge >= 0.3 is 0 Å². The van der Waals surface area contributed by atoms with Crippen LogP contribution in [0.5, 0.6) is 0 Å². The second-order valence-corrected chi connectivity index (χ2v) is 7.92. The summed E-state index contributed by atoms with van der Waals surface area (Å²) < 4.78 is 0.750. The van der Waals surface area contributed by atoms with Crippen LogP contribution in [0.3, 0.4) is 0 Å². The van der Waals surface area contributed by atoms with Crippen LogP contribution in [0.1, 0.15) is 50.5 Å². The maximum absolute atomic E-state index is 11.1. The van der Waals surface area contributed by atoms with Crippen LogP contribution in [0.4, 0.5) is 5.69 Å². The molecule has 1 aromatic heterocycles. The Balaban J connectivity index is 2.16. The van der Waals surface area contributed by atoms with Crippen molar-refractivity contribution in [2.45, 2.75) is 55.1 Å². The maximum atomic E-state index is 11.1. The van der Waals surface area contributed by atoms with Gasteiger partial charge in [0.15, 0.2) is 0 Å². The summed E-state index contributed by atoms with van der Waals surface area (Å²) >= 11 is 2.99. The lowest BCUT2D eigenvalue weighted by atomic mass is 9.91. The van der Waals surface area contributed by atoms with Crippen molar-refractivity contribution in [3.8, 4) is 0 Å². The lowest BCUT2D eigenvalue weighted by Gasteiger charge is -2.25. The third-order valence-corrected chi connectivity index (χ3v) is 6.28. The fraction of sp³-hybridized carbons (Fsp3) is 0.692. The second kappa shape index (κ2) is 6.24. The first-order chi connectivity index (χ1) is 8.97. The van der Waals surface area contributed by atoms with Crippen molar-refractivity contribution < 1.29 is 10.0 Å². The first kappa shape index (κ1) is 14.8. The molecule has 1 aliphatic carbocycles. The van der Waals surface area contributed by atoms with Crippen molar-refractivity contribution in [3.63, 3.8) is 0 Å². The highest BCUT2D eigenvalue weighted by Gasteiger charge is 2.26. The highest BCUT2D eigenvalue weighted by atomic mass is 32.2. The van der Waals surface area contributed by atoms with Crippen LogP contribution < -0.4 is 0 Å². The summed E-state index contributed by atoms with van der Waals surface area (Å²) in [6, 6.07) is 1.52. The van der Waals surface area contributed by atoms with Gasteiger partial charge in [0.25, 0.3) is 5.69 Å². The van der Waals surface area contributed by atoms with Crippen LogP contribution in [0.15, 0.2) is 10.3 Å². The van der Waals surface area contributed by atoms with E-state index in [0.717, 1.165) is 17.1 Å². The summed E-state index contributed by atoms with van der Waals surface area (Å²) in [5, 5.41) is 21.1. The smallest absolute Gasteiger partial charge is 0.294 e. The molecule has 0 amide bonds. The van der Waals surface area contributed by atoms with Gasteiger partial charge in [0.05, 0.1) is 11.0 Å². The molecule has 19 heavy (non-hydrogen) atoms. The summed E-state index contributed by atoms with van der Waals surface area (Å²) in [5.74, 6) is 0.710. The summed E-state index contributed by atoms with van der Waals surface area (Å²) in [4.78, 5) is 11.4. The van der Waals surface area contributed by atoms with Crippen LogP contribution in [0.25, 0.3) is 0 Å². The van der Waals surface area contributed by atoms with Crippen molar-refractivity contribution >= 4 is 28.8 Å². The molecule has 1 heterocycles. The first-order valence-corrected chi connectivity index (χ1v) is 8.29. The van der Waals surface area contributed by atoms with E-state index in [4.69, 9.17) is 0 Å². The van der Waals surface area contributed by atoms with Gasteiger partial charge < -0.3 is 5.11 Å². The van der Waals surface area contributed by atoms with Crippen LogP contribution in [0, 0.1) is 16.0 Å². The molecule has 1 N–H and O–H groups in total. The van der Waals surface area contributed by atoms with Crippen molar-refractivity contribution in [2.24, 2.45) is 5.92 Å². The standard InChI is InChI=1S/C13H19NO3S2/c1-8-4-3-5-10(6-8)18-13-11(14(16)17)7-12(19-13)9(2)15/h7-10,15H,3-6H2,1-2H3/t8?,9-,10?/m0/s1. The van der Waals surface area contributed by atoms with Gasteiger partial charge in [0.1, 0.15) is 4.21 Å². The van der Waals surface area contributed by atoms with E-state index in [1.165, 1.54) is 30.2 Å². The van der Waals surface area contributed by atoms with E-state index in [9.17, 15) is 15.2 Å². The lowest BCUT2D eigenvalue weighted by molar-refractivity contribution is -0.387. The van der Waals surface area contributed by atoms with Gasteiger partial charge in [-0.1, -0.05) is 19.8 Å². The molecule has 1 saturated carbocycles. The summed E-state index contributed by atoms with van der Waals surface area (Å²) in [5.41, 5.74) is 0.157. The predicted octanol–water partition coefficient (Wildman–Crippen LogP) is 4.38. The lowest BCUT2D eigenvalue weighted by Crippen LogP contribution is -2.14. The topological polar surface area (TPSA) is 63.4 Å². The molecule has 2 unspecified atom stereocenters. The number of aliphatic hydroxyl groups excluding tert-OH is 1. The van der Waals surface area contributed by atoms with Gasteiger partial charge in [-0.2, -0.15) is 0 Å². The van der Waals surface area contributed by atoms with E-state index < -0.39 is 6.10 Å². The van der Waals surface area contributed by atoms with Crippen molar-refractivity contribution in [2.75, 3.05) is 0 Å². The van der Waals surface area contributed by atoms with E-state index in [2.05, 4.69) is 6.92 Å². The fourth-order valence-corrected chi connectivity index (χ4v) is 5.39. The SMILES string of the molecule is CC1CCCC(Sc2sc([C@H](C)O)cc2[N+](=O)[O-])C1. The van der Waals surface area contributed by atoms with E-state index >= 15 is 0 Å². The van der Waals surface area contributed by atoms with Gasteiger partial charge in [-0.3, -0.25) is 10.1 Å². The van der Waals surface area contributed by atoms with Crippen LogP contribution in [-0.4, -0.2) is 15.3 Å². The third-order valence-electron chi connectivity index (χ3n) is 3.47. The number of hydrogen-bond acceptors (Lipinski definition) is 5. The minimum atomic E-state index is -0.636. The van der Waals surface area contributed by atoms with Crippen molar-refractivity contribution in [3.05, 3.63) is 21.1 Å². The van der Waals surface area contributed by atoms with Gasteiger partial charge in [-0.25, -0.2) is 0 Å².